The van der Waals surface area contributed by atoms with Crippen LogP contribution in [0.4, 0.5) is 5.69 Å². The molecule has 0 saturated carbocycles. The molecule has 0 bridgehead atoms. The number of rotatable bonds is 5. The van der Waals surface area contributed by atoms with Crippen molar-refractivity contribution in [1.29, 1.82) is 0 Å². The molecule has 5 heteroatoms. The van der Waals surface area contributed by atoms with Crippen LogP contribution in [0.3, 0.4) is 0 Å². The Bertz CT molecular complexity index is 757. The molecule has 1 aromatic heterocycles. The summed E-state index contributed by atoms with van der Waals surface area (Å²) in [5.41, 5.74) is 2.45. The van der Waals surface area contributed by atoms with Crippen LogP contribution in [0.15, 0.2) is 60.4 Å². The predicted octanol–water partition coefficient (Wildman–Crippen LogP) is 2.71. The lowest BCUT2D eigenvalue weighted by atomic mass is 10.1. The lowest BCUT2D eigenvalue weighted by Crippen LogP contribution is -2.41. The van der Waals surface area contributed by atoms with Crippen molar-refractivity contribution in [2.45, 2.75) is 13.3 Å². The van der Waals surface area contributed by atoms with E-state index in [-0.39, 0.29) is 18.2 Å². The van der Waals surface area contributed by atoms with E-state index in [1.54, 1.807) is 17.4 Å². The highest BCUT2D eigenvalue weighted by Gasteiger charge is 2.30. The van der Waals surface area contributed by atoms with Crippen molar-refractivity contribution in [1.82, 2.24) is 9.99 Å². The summed E-state index contributed by atoms with van der Waals surface area (Å²) in [4.78, 5) is 28.3. The highest BCUT2D eigenvalue weighted by Crippen LogP contribution is 2.23. The number of nitrogens with zero attached hydrogens (tertiary/aromatic N) is 3. The fraction of sp³-hybridized carbons (Fsp3) is 0.211. The number of carbonyl (C=O) groups excluding carboxylic acids is 2. The largest absolute Gasteiger partial charge is 0.295 e. The number of amides is 1. The lowest BCUT2D eigenvalue weighted by Gasteiger charge is -2.30. The van der Waals surface area contributed by atoms with E-state index in [0.29, 0.717) is 18.5 Å². The minimum atomic E-state index is -0.0421. The Balaban J connectivity index is 1.86. The van der Waals surface area contributed by atoms with Crippen molar-refractivity contribution >= 4 is 23.5 Å². The quantitative estimate of drug-likeness (QED) is 0.795. The first-order valence-corrected chi connectivity index (χ1v) is 7.89. The maximum absolute atomic E-state index is 12.3. The molecule has 122 valence electrons. The van der Waals surface area contributed by atoms with Crippen molar-refractivity contribution in [2.24, 2.45) is 0 Å². The topological polar surface area (TPSA) is 53.5 Å². The van der Waals surface area contributed by atoms with E-state index < -0.39 is 0 Å². The van der Waals surface area contributed by atoms with Gasteiger partial charge in [0.2, 0.25) is 5.91 Å². The van der Waals surface area contributed by atoms with Gasteiger partial charge in [0.25, 0.3) is 0 Å². The highest BCUT2D eigenvalue weighted by molar-refractivity contribution is 5.99. The summed E-state index contributed by atoms with van der Waals surface area (Å²) in [6, 6.07) is 13.4. The zero-order valence-electron chi connectivity index (χ0n) is 13.6. The van der Waals surface area contributed by atoms with Gasteiger partial charge in [0.1, 0.15) is 0 Å². The Kier molecular flexibility index (Phi) is 4.70. The Morgan fingerprint density at radius 1 is 1.17 bits per heavy atom. The van der Waals surface area contributed by atoms with Crippen molar-refractivity contribution in [3.05, 3.63) is 66.0 Å². The van der Waals surface area contributed by atoms with Crippen molar-refractivity contribution in [2.75, 3.05) is 18.1 Å². The molecule has 0 radical (unpaired) electrons. The molecular formula is C19H19N3O2. The van der Waals surface area contributed by atoms with Crippen molar-refractivity contribution < 1.29 is 9.59 Å². The zero-order chi connectivity index (χ0) is 16.9. The molecule has 2 heterocycles. The molecule has 0 aliphatic carbocycles. The molecule has 24 heavy (non-hydrogen) atoms. The van der Waals surface area contributed by atoms with Gasteiger partial charge < -0.3 is 0 Å². The van der Waals surface area contributed by atoms with Gasteiger partial charge in [0.15, 0.2) is 5.78 Å². The second-order valence-corrected chi connectivity index (χ2v) is 5.67. The number of aromatic nitrogens is 1. The van der Waals surface area contributed by atoms with Crippen LogP contribution in [0, 0.1) is 0 Å². The van der Waals surface area contributed by atoms with Crippen LogP contribution in [0.5, 0.6) is 0 Å². The van der Waals surface area contributed by atoms with Crippen LogP contribution < -0.4 is 5.01 Å². The Morgan fingerprint density at radius 3 is 2.54 bits per heavy atom. The van der Waals surface area contributed by atoms with E-state index in [1.807, 2.05) is 53.5 Å². The van der Waals surface area contributed by atoms with Crippen LogP contribution in [0.25, 0.3) is 6.08 Å². The minimum absolute atomic E-state index is 0.0285. The maximum Gasteiger partial charge on any atom is 0.243 e. The number of hydrogen-bond donors (Lipinski definition) is 0. The first-order valence-electron chi connectivity index (χ1n) is 7.89. The van der Waals surface area contributed by atoms with E-state index in [0.717, 1.165) is 11.3 Å². The molecule has 5 nitrogen and oxygen atoms in total. The van der Waals surface area contributed by atoms with E-state index in [2.05, 4.69) is 4.98 Å². The molecule has 2 aromatic rings. The van der Waals surface area contributed by atoms with Gasteiger partial charge in [-0.2, -0.15) is 0 Å². The van der Waals surface area contributed by atoms with Gasteiger partial charge in [-0.15, -0.1) is 0 Å². The Hall–Kier alpha value is -2.95. The SMILES string of the molecule is CC(=O)/C(=C/c1ccncc1)CN1C(=O)CCN1c1ccccc1. The number of para-hydroxylation sites is 1. The third-order valence-electron chi connectivity index (χ3n) is 3.99. The smallest absolute Gasteiger partial charge is 0.243 e. The first-order chi connectivity index (χ1) is 11.6. The summed E-state index contributed by atoms with van der Waals surface area (Å²) in [6.45, 7) is 2.43. The molecule has 0 spiro atoms. The molecule has 1 amide bonds. The average Bonchev–Trinajstić information content (AvgIpc) is 2.97. The summed E-state index contributed by atoms with van der Waals surface area (Å²) in [5.74, 6) is -0.0137. The molecule has 1 fully saturated rings. The number of carbonyl (C=O) groups is 2. The fourth-order valence-corrected chi connectivity index (χ4v) is 2.71. The summed E-state index contributed by atoms with van der Waals surface area (Å²) in [5, 5.41) is 3.59. The van der Waals surface area contributed by atoms with Crippen molar-refractivity contribution in [3.63, 3.8) is 0 Å². The number of benzene rings is 1. The number of Topliss-reactive ketones (excluding diaryl/α,β-unsaturated/α-hetero) is 1. The molecule has 1 aromatic carbocycles. The van der Waals surface area contributed by atoms with Crippen LogP contribution in [-0.2, 0) is 9.59 Å². The van der Waals surface area contributed by atoms with Crippen LogP contribution in [0.2, 0.25) is 0 Å². The lowest BCUT2D eigenvalue weighted by molar-refractivity contribution is -0.127. The zero-order valence-corrected chi connectivity index (χ0v) is 13.6. The Morgan fingerprint density at radius 2 is 1.88 bits per heavy atom. The summed E-state index contributed by atoms with van der Waals surface area (Å²) in [7, 11) is 0. The van der Waals surface area contributed by atoms with Gasteiger partial charge >= 0.3 is 0 Å². The van der Waals surface area contributed by atoms with Gasteiger partial charge in [-0.3, -0.25) is 19.6 Å². The molecule has 1 aliphatic rings. The van der Waals surface area contributed by atoms with Crippen LogP contribution in [-0.4, -0.2) is 34.8 Å². The molecular weight excluding hydrogens is 302 g/mol. The van der Waals surface area contributed by atoms with Crippen LogP contribution in [0.1, 0.15) is 18.9 Å². The number of hydrazine groups is 1. The standard InChI is InChI=1S/C19H19N3O2/c1-15(23)17(13-16-7-10-20-11-8-16)14-22-19(24)9-12-21(22)18-5-3-2-4-6-18/h2-8,10-11,13H,9,12,14H2,1H3/b17-13+. The monoisotopic (exact) mass is 321 g/mol. The summed E-state index contributed by atoms with van der Waals surface area (Å²) >= 11 is 0. The van der Waals surface area contributed by atoms with Gasteiger partial charge in [0, 0.05) is 30.9 Å². The van der Waals surface area contributed by atoms with E-state index in [9.17, 15) is 9.59 Å². The van der Waals surface area contributed by atoms with Crippen LogP contribution >= 0.6 is 0 Å². The van der Waals surface area contributed by atoms with Gasteiger partial charge in [-0.25, -0.2) is 5.01 Å². The third-order valence-corrected chi connectivity index (χ3v) is 3.99. The fourth-order valence-electron chi connectivity index (χ4n) is 2.71. The number of pyridine rings is 1. The molecule has 3 rings (SSSR count). The summed E-state index contributed by atoms with van der Waals surface area (Å²) < 4.78 is 0. The minimum Gasteiger partial charge on any atom is -0.295 e. The first kappa shape index (κ1) is 15.9. The second kappa shape index (κ2) is 7.08. The normalized spacial score (nSPS) is 15.0. The Labute approximate surface area is 141 Å². The average molecular weight is 321 g/mol. The van der Waals surface area contributed by atoms with E-state index in [1.165, 1.54) is 6.92 Å². The second-order valence-electron chi connectivity index (χ2n) is 5.67. The number of ketones is 1. The predicted molar refractivity (Wildman–Crippen MR) is 93.0 cm³/mol. The number of hydrogen-bond acceptors (Lipinski definition) is 4. The van der Waals surface area contributed by atoms with Crippen molar-refractivity contribution in [3.8, 4) is 0 Å². The molecule has 0 atom stereocenters. The van der Waals surface area contributed by atoms with Gasteiger partial charge in [-0.1, -0.05) is 18.2 Å². The molecule has 1 aliphatic heterocycles. The van der Waals surface area contributed by atoms with Gasteiger partial charge in [-0.05, 0) is 42.8 Å². The number of anilines is 1. The van der Waals surface area contributed by atoms with E-state index >= 15 is 0 Å². The molecule has 0 N–H and O–H groups in total. The third kappa shape index (κ3) is 3.51. The van der Waals surface area contributed by atoms with Gasteiger partial charge in [0.05, 0.1) is 12.2 Å². The molecule has 1 saturated heterocycles. The van der Waals surface area contributed by atoms with E-state index in [4.69, 9.17) is 0 Å². The highest BCUT2D eigenvalue weighted by atomic mass is 16.2. The summed E-state index contributed by atoms with van der Waals surface area (Å²) in [6.07, 6.45) is 5.63. The maximum atomic E-state index is 12.3. The molecule has 0 unspecified atom stereocenters.